The Balaban J connectivity index is 2.20. The molecule has 1 aromatic rings. The molecule has 6 heteroatoms. The van der Waals surface area contributed by atoms with Gasteiger partial charge in [0.15, 0.2) is 0 Å². The Morgan fingerprint density at radius 2 is 1.90 bits per heavy atom. The maximum atomic E-state index is 13.7. The molecule has 2 rings (SSSR count). The predicted octanol–water partition coefficient (Wildman–Crippen LogP) is 2.82. The van der Waals surface area contributed by atoms with E-state index in [0.717, 1.165) is 25.0 Å². The van der Waals surface area contributed by atoms with Crippen molar-refractivity contribution in [2.75, 3.05) is 6.54 Å². The van der Waals surface area contributed by atoms with Crippen molar-refractivity contribution in [2.24, 2.45) is 0 Å². The van der Waals surface area contributed by atoms with E-state index in [-0.39, 0.29) is 12.5 Å². The van der Waals surface area contributed by atoms with Gasteiger partial charge in [0.2, 0.25) is 0 Å². The second-order valence-electron chi connectivity index (χ2n) is 5.18. The molecular weight excluding hydrogens is 280 g/mol. The highest BCUT2D eigenvalue weighted by molar-refractivity contribution is 5.95. The van der Waals surface area contributed by atoms with Crippen LogP contribution in [0.25, 0.3) is 0 Å². The van der Waals surface area contributed by atoms with Crippen LogP contribution in [0.1, 0.15) is 42.5 Å². The zero-order valence-corrected chi connectivity index (χ0v) is 11.5. The highest BCUT2D eigenvalue weighted by Crippen LogP contribution is 2.25. The summed E-state index contributed by atoms with van der Waals surface area (Å²) in [7, 11) is 0. The Labute approximate surface area is 121 Å². The average molecular weight is 297 g/mol. The number of halogens is 2. The summed E-state index contributed by atoms with van der Waals surface area (Å²) >= 11 is 0. The Bertz CT molecular complexity index is 527. The van der Waals surface area contributed by atoms with Gasteiger partial charge in [-0.2, -0.15) is 0 Å². The van der Waals surface area contributed by atoms with Gasteiger partial charge in [-0.05, 0) is 37.8 Å². The second-order valence-corrected chi connectivity index (χ2v) is 5.18. The first-order chi connectivity index (χ1) is 10.0. The molecule has 114 valence electrons. The number of hydrogen-bond donors (Lipinski definition) is 1. The van der Waals surface area contributed by atoms with Crippen molar-refractivity contribution in [3.63, 3.8) is 0 Å². The van der Waals surface area contributed by atoms with Crippen molar-refractivity contribution in [3.05, 3.63) is 35.4 Å². The van der Waals surface area contributed by atoms with Crippen molar-refractivity contribution < 1.29 is 23.5 Å². The van der Waals surface area contributed by atoms with E-state index < -0.39 is 29.1 Å². The molecule has 1 unspecified atom stereocenters. The lowest BCUT2D eigenvalue weighted by Gasteiger charge is -2.35. The van der Waals surface area contributed by atoms with Gasteiger partial charge in [-0.15, -0.1) is 0 Å². The van der Waals surface area contributed by atoms with Crippen LogP contribution < -0.4 is 0 Å². The number of carboxylic acid groups (broad SMARTS) is 1. The highest BCUT2D eigenvalue weighted by Gasteiger charge is 2.30. The van der Waals surface area contributed by atoms with Gasteiger partial charge < -0.3 is 10.0 Å². The molecule has 0 bridgehead atoms. The number of amides is 1. The third-order valence-corrected chi connectivity index (χ3v) is 3.76. The first-order valence-electron chi connectivity index (χ1n) is 6.97. The lowest BCUT2D eigenvalue weighted by Crippen LogP contribution is -2.44. The van der Waals surface area contributed by atoms with Gasteiger partial charge in [-0.25, -0.2) is 8.78 Å². The zero-order valence-electron chi connectivity index (χ0n) is 11.5. The number of rotatable bonds is 4. The molecule has 1 saturated heterocycles. The molecule has 21 heavy (non-hydrogen) atoms. The Morgan fingerprint density at radius 1 is 1.24 bits per heavy atom. The minimum Gasteiger partial charge on any atom is -0.481 e. The van der Waals surface area contributed by atoms with Crippen molar-refractivity contribution in [1.29, 1.82) is 0 Å². The fourth-order valence-electron chi connectivity index (χ4n) is 2.70. The first-order valence-corrected chi connectivity index (χ1v) is 6.97. The Hall–Kier alpha value is -1.98. The summed E-state index contributed by atoms with van der Waals surface area (Å²) in [5.41, 5.74) is -0.556. The molecule has 0 spiro atoms. The van der Waals surface area contributed by atoms with Crippen LogP contribution in [0.5, 0.6) is 0 Å². The molecule has 1 heterocycles. The number of likely N-dealkylation sites (tertiary alicyclic amines) is 1. The molecule has 0 saturated carbocycles. The van der Waals surface area contributed by atoms with E-state index >= 15 is 0 Å². The van der Waals surface area contributed by atoms with Gasteiger partial charge >= 0.3 is 5.97 Å². The molecule has 1 aliphatic heterocycles. The van der Waals surface area contributed by atoms with Crippen molar-refractivity contribution in [2.45, 2.75) is 38.1 Å². The Kier molecular flexibility index (Phi) is 4.88. The summed E-state index contributed by atoms with van der Waals surface area (Å²) in [5, 5.41) is 8.75. The maximum absolute atomic E-state index is 13.7. The maximum Gasteiger partial charge on any atom is 0.303 e. The van der Waals surface area contributed by atoms with E-state index in [1.54, 1.807) is 0 Å². The molecule has 0 radical (unpaired) electrons. The number of hydrogen-bond acceptors (Lipinski definition) is 2. The van der Waals surface area contributed by atoms with E-state index in [2.05, 4.69) is 0 Å². The highest BCUT2D eigenvalue weighted by atomic mass is 19.1. The van der Waals surface area contributed by atoms with E-state index in [9.17, 15) is 18.4 Å². The molecule has 1 fully saturated rings. The molecule has 1 aromatic carbocycles. The monoisotopic (exact) mass is 297 g/mol. The molecule has 1 N–H and O–H groups in total. The molecule has 0 aliphatic carbocycles. The fourth-order valence-corrected chi connectivity index (χ4v) is 2.70. The number of nitrogens with zero attached hydrogens (tertiary/aromatic N) is 1. The van der Waals surface area contributed by atoms with Crippen LogP contribution in [0, 0.1) is 11.6 Å². The van der Waals surface area contributed by atoms with Crippen molar-refractivity contribution >= 4 is 11.9 Å². The molecule has 4 nitrogen and oxygen atoms in total. The lowest BCUT2D eigenvalue weighted by atomic mass is 9.96. The predicted molar refractivity (Wildman–Crippen MR) is 71.9 cm³/mol. The molecular formula is C15H17F2NO3. The summed E-state index contributed by atoms with van der Waals surface area (Å²) in [6, 6.07) is 3.03. The third-order valence-electron chi connectivity index (χ3n) is 3.76. The number of aliphatic carboxylic acids is 1. The lowest BCUT2D eigenvalue weighted by molar-refractivity contribution is -0.137. The first kappa shape index (κ1) is 15.4. The number of carboxylic acids is 1. The molecule has 1 amide bonds. The quantitative estimate of drug-likeness (QED) is 0.929. The fraction of sp³-hybridized carbons (Fsp3) is 0.467. The third kappa shape index (κ3) is 3.56. The van der Waals surface area contributed by atoms with Crippen LogP contribution in [0.2, 0.25) is 0 Å². The van der Waals surface area contributed by atoms with Gasteiger partial charge in [0, 0.05) is 19.0 Å². The average Bonchev–Trinajstić information content (AvgIpc) is 2.45. The minimum atomic E-state index is -0.940. The number of carbonyl (C=O) groups is 2. The topological polar surface area (TPSA) is 57.6 Å². The SMILES string of the molecule is O=C(O)CCC1CCCCN1C(=O)c1c(F)cccc1F. The summed E-state index contributed by atoms with van der Waals surface area (Å²) in [5.74, 6) is -3.41. The van der Waals surface area contributed by atoms with Crippen LogP contribution in [-0.2, 0) is 4.79 Å². The standard InChI is InChI=1S/C15H17F2NO3/c16-11-5-3-6-12(17)14(11)15(21)18-9-2-1-4-10(18)7-8-13(19)20/h3,5-6,10H,1-2,4,7-9H2,(H,19,20). The number of carbonyl (C=O) groups excluding carboxylic acids is 1. The van der Waals surface area contributed by atoms with E-state index in [1.165, 1.54) is 11.0 Å². The van der Waals surface area contributed by atoms with E-state index in [0.29, 0.717) is 19.4 Å². The van der Waals surface area contributed by atoms with Gasteiger partial charge in [0.05, 0.1) is 0 Å². The van der Waals surface area contributed by atoms with Gasteiger partial charge in [-0.1, -0.05) is 6.07 Å². The summed E-state index contributed by atoms with van der Waals surface area (Å²) < 4.78 is 27.4. The molecule has 0 aromatic heterocycles. The normalized spacial score (nSPS) is 18.6. The van der Waals surface area contributed by atoms with Gasteiger partial charge in [-0.3, -0.25) is 9.59 Å². The smallest absolute Gasteiger partial charge is 0.303 e. The van der Waals surface area contributed by atoms with E-state index in [4.69, 9.17) is 5.11 Å². The summed E-state index contributed by atoms with van der Waals surface area (Å²) in [6.45, 7) is 0.400. The van der Waals surface area contributed by atoms with Crippen LogP contribution in [0.4, 0.5) is 8.78 Å². The molecule has 1 aliphatic rings. The van der Waals surface area contributed by atoms with Crippen LogP contribution in [0.15, 0.2) is 18.2 Å². The largest absolute Gasteiger partial charge is 0.481 e. The summed E-state index contributed by atoms with van der Waals surface area (Å²) in [6.07, 6.45) is 2.54. The Morgan fingerprint density at radius 3 is 2.52 bits per heavy atom. The summed E-state index contributed by atoms with van der Waals surface area (Å²) in [4.78, 5) is 24.5. The van der Waals surface area contributed by atoms with Crippen LogP contribution in [-0.4, -0.2) is 34.5 Å². The van der Waals surface area contributed by atoms with Crippen LogP contribution >= 0.6 is 0 Å². The van der Waals surface area contributed by atoms with E-state index in [1.807, 2.05) is 0 Å². The van der Waals surface area contributed by atoms with Crippen molar-refractivity contribution in [1.82, 2.24) is 4.90 Å². The second kappa shape index (κ2) is 6.65. The van der Waals surface area contributed by atoms with Gasteiger partial charge in [0.25, 0.3) is 5.91 Å². The minimum absolute atomic E-state index is 0.0613. The van der Waals surface area contributed by atoms with Crippen molar-refractivity contribution in [3.8, 4) is 0 Å². The number of piperidine rings is 1. The molecule has 1 atom stereocenters. The van der Waals surface area contributed by atoms with Gasteiger partial charge in [0.1, 0.15) is 17.2 Å². The number of benzene rings is 1. The zero-order chi connectivity index (χ0) is 15.4. The van der Waals surface area contributed by atoms with Crippen LogP contribution in [0.3, 0.4) is 0 Å².